The second-order valence-corrected chi connectivity index (χ2v) is 9.46. The number of nitrogens with zero attached hydrogens (tertiary/aromatic N) is 4. The number of hydrogen-bond acceptors (Lipinski definition) is 4. The van der Waals surface area contributed by atoms with Crippen LogP contribution in [0.5, 0.6) is 5.88 Å². The maximum Gasteiger partial charge on any atom is 0.243 e. The van der Waals surface area contributed by atoms with Crippen molar-refractivity contribution in [3.05, 3.63) is 42.6 Å². The highest BCUT2D eigenvalue weighted by molar-refractivity contribution is 5.85. The van der Waals surface area contributed by atoms with Crippen molar-refractivity contribution in [2.75, 3.05) is 7.11 Å². The Labute approximate surface area is 196 Å². The number of imidazole rings is 1. The Morgan fingerprint density at radius 2 is 1.64 bits per heavy atom. The number of amides is 1. The smallest absolute Gasteiger partial charge is 0.243 e. The minimum Gasteiger partial charge on any atom is -0.480 e. The summed E-state index contributed by atoms with van der Waals surface area (Å²) in [4.78, 5) is 25.6. The number of hydrogen-bond donors (Lipinski definition) is 0. The van der Waals surface area contributed by atoms with Crippen molar-refractivity contribution in [2.45, 2.75) is 82.8 Å². The normalized spacial score (nSPS) is 17.8. The van der Waals surface area contributed by atoms with Gasteiger partial charge in [-0.25, -0.2) is 9.97 Å². The van der Waals surface area contributed by atoms with Gasteiger partial charge < -0.3 is 14.2 Å². The minimum absolute atomic E-state index is 0.223. The monoisotopic (exact) mass is 446 g/mol. The van der Waals surface area contributed by atoms with Gasteiger partial charge in [0.25, 0.3) is 0 Å². The van der Waals surface area contributed by atoms with E-state index in [2.05, 4.69) is 14.5 Å². The molecule has 0 aliphatic heterocycles. The van der Waals surface area contributed by atoms with Crippen molar-refractivity contribution in [3.63, 3.8) is 0 Å². The Morgan fingerprint density at radius 3 is 2.30 bits per heavy atom. The largest absolute Gasteiger partial charge is 0.480 e. The number of rotatable bonds is 6. The molecule has 1 aromatic carbocycles. The molecule has 2 aliphatic rings. The van der Waals surface area contributed by atoms with E-state index in [9.17, 15) is 4.79 Å². The van der Waals surface area contributed by atoms with Crippen LogP contribution in [0.15, 0.2) is 42.6 Å². The van der Waals surface area contributed by atoms with Gasteiger partial charge in [0.15, 0.2) is 0 Å². The molecule has 0 atom stereocenters. The van der Waals surface area contributed by atoms with Crippen molar-refractivity contribution in [2.24, 2.45) is 0 Å². The predicted octanol–water partition coefficient (Wildman–Crippen LogP) is 5.60. The molecular weight excluding hydrogens is 412 g/mol. The Kier molecular flexibility index (Phi) is 6.60. The number of para-hydroxylation sites is 2. The van der Waals surface area contributed by atoms with Crippen molar-refractivity contribution >= 4 is 16.9 Å². The van der Waals surface area contributed by atoms with E-state index in [1.54, 1.807) is 13.3 Å². The SMILES string of the molecule is COc1ncccc1-c1nc2ccccc2n1CC(=O)N(C1CCCCC1)C1CCCCC1. The summed E-state index contributed by atoms with van der Waals surface area (Å²) in [6.45, 7) is 0.293. The van der Waals surface area contributed by atoms with E-state index in [1.807, 2.05) is 36.4 Å². The molecule has 174 valence electrons. The summed E-state index contributed by atoms with van der Waals surface area (Å²) >= 11 is 0. The molecule has 2 fully saturated rings. The van der Waals surface area contributed by atoms with E-state index < -0.39 is 0 Å². The molecule has 2 aromatic heterocycles. The molecule has 0 unspecified atom stereocenters. The number of carbonyl (C=O) groups is 1. The lowest BCUT2D eigenvalue weighted by Crippen LogP contribution is -2.50. The fourth-order valence-corrected chi connectivity index (χ4v) is 5.81. The highest BCUT2D eigenvalue weighted by Crippen LogP contribution is 2.33. The number of methoxy groups -OCH3 is 1. The number of ether oxygens (including phenoxy) is 1. The number of benzene rings is 1. The minimum atomic E-state index is 0.223. The highest BCUT2D eigenvalue weighted by Gasteiger charge is 2.33. The second-order valence-electron chi connectivity index (χ2n) is 9.46. The molecule has 2 aliphatic carbocycles. The third-order valence-electron chi connectivity index (χ3n) is 7.38. The van der Waals surface area contributed by atoms with E-state index in [1.165, 1.54) is 38.5 Å². The van der Waals surface area contributed by atoms with Crippen LogP contribution in [0.4, 0.5) is 0 Å². The molecule has 3 aromatic rings. The topological polar surface area (TPSA) is 60.3 Å². The molecule has 2 heterocycles. The predicted molar refractivity (Wildman–Crippen MR) is 130 cm³/mol. The molecule has 5 rings (SSSR count). The van der Waals surface area contributed by atoms with Gasteiger partial charge in [-0.2, -0.15) is 0 Å². The third-order valence-corrected chi connectivity index (χ3v) is 7.38. The number of pyridine rings is 1. The average Bonchev–Trinajstić information content (AvgIpc) is 3.23. The fourth-order valence-electron chi connectivity index (χ4n) is 5.81. The summed E-state index contributed by atoms with van der Waals surface area (Å²) in [6.07, 6.45) is 13.8. The second kappa shape index (κ2) is 9.94. The van der Waals surface area contributed by atoms with E-state index in [0.29, 0.717) is 24.5 Å². The van der Waals surface area contributed by atoms with Crippen LogP contribution in [0.1, 0.15) is 64.2 Å². The fraction of sp³-hybridized carbons (Fsp3) is 0.519. The number of carbonyl (C=O) groups excluding carboxylic acids is 1. The first-order chi connectivity index (χ1) is 16.3. The van der Waals surface area contributed by atoms with Gasteiger partial charge in [0.05, 0.1) is 23.7 Å². The maximum atomic E-state index is 14.0. The Bertz CT molecular complexity index is 1080. The molecule has 33 heavy (non-hydrogen) atoms. The summed E-state index contributed by atoms with van der Waals surface area (Å²) in [5.41, 5.74) is 2.66. The molecule has 6 heteroatoms. The third kappa shape index (κ3) is 4.48. The van der Waals surface area contributed by atoms with E-state index in [-0.39, 0.29) is 5.91 Å². The molecule has 0 N–H and O–H groups in total. The van der Waals surface area contributed by atoms with Gasteiger partial charge in [0, 0.05) is 18.3 Å². The molecule has 0 saturated heterocycles. The van der Waals surface area contributed by atoms with E-state index >= 15 is 0 Å². The van der Waals surface area contributed by atoms with E-state index in [0.717, 1.165) is 48.1 Å². The van der Waals surface area contributed by atoms with Gasteiger partial charge >= 0.3 is 0 Å². The summed E-state index contributed by atoms with van der Waals surface area (Å²) in [6, 6.07) is 12.7. The van der Waals surface area contributed by atoms with Crippen LogP contribution < -0.4 is 4.74 Å². The highest BCUT2D eigenvalue weighted by atomic mass is 16.5. The first kappa shape index (κ1) is 21.9. The van der Waals surface area contributed by atoms with Gasteiger partial charge in [0.1, 0.15) is 12.4 Å². The number of fused-ring (bicyclic) bond motifs is 1. The van der Waals surface area contributed by atoms with Crippen LogP contribution >= 0.6 is 0 Å². The molecule has 6 nitrogen and oxygen atoms in total. The summed E-state index contributed by atoms with van der Waals surface area (Å²) < 4.78 is 7.60. The van der Waals surface area contributed by atoms with Crippen LogP contribution in [-0.4, -0.2) is 44.5 Å². The first-order valence-corrected chi connectivity index (χ1v) is 12.5. The van der Waals surface area contributed by atoms with Crippen LogP contribution in [0.3, 0.4) is 0 Å². The number of aromatic nitrogens is 3. The summed E-state index contributed by atoms with van der Waals surface area (Å²) in [5.74, 6) is 1.49. The Hall–Kier alpha value is -2.89. The Balaban J connectivity index is 1.53. The molecule has 0 bridgehead atoms. The lowest BCUT2D eigenvalue weighted by molar-refractivity contribution is -0.138. The summed E-state index contributed by atoms with van der Waals surface area (Å²) in [5, 5.41) is 0. The van der Waals surface area contributed by atoms with Crippen LogP contribution in [0, 0.1) is 0 Å². The lowest BCUT2D eigenvalue weighted by atomic mass is 9.88. The maximum absolute atomic E-state index is 14.0. The molecule has 2 saturated carbocycles. The first-order valence-electron chi connectivity index (χ1n) is 12.5. The average molecular weight is 447 g/mol. The van der Waals surface area contributed by atoms with Crippen LogP contribution in [0.25, 0.3) is 22.4 Å². The van der Waals surface area contributed by atoms with Gasteiger partial charge in [-0.3, -0.25) is 4.79 Å². The van der Waals surface area contributed by atoms with Gasteiger partial charge in [-0.05, 0) is 49.9 Å². The Morgan fingerprint density at radius 1 is 0.970 bits per heavy atom. The molecule has 0 radical (unpaired) electrons. The quantitative estimate of drug-likeness (QED) is 0.494. The zero-order chi connectivity index (χ0) is 22.6. The van der Waals surface area contributed by atoms with Gasteiger partial charge in [-0.1, -0.05) is 50.7 Å². The van der Waals surface area contributed by atoms with E-state index in [4.69, 9.17) is 9.72 Å². The standard InChI is InChI=1S/C27H34N4O2/c1-33-27-22(15-10-18-28-27)26-29-23-16-8-9-17-24(23)30(26)19-25(32)31(20-11-4-2-5-12-20)21-13-6-3-7-14-21/h8-10,15-18,20-21H,2-7,11-14,19H2,1H3. The van der Waals surface area contributed by atoms with Crippen molar-refractivity contribution < 1.29 is 9.53 Å². The van der Waals surface area contributed by atoms with Gasteiger partial charge in [-0.15, -0.1) is 0 Å². The van der Waals surface area contributed by atoms with Crippen LogP contribution in [0.2, 0.25) is 0 Å². The summed E-state index contributed by atoms with van der Waals surface area (Å²) in [7, 11) is 1.62. The zero-order valence-corrected chi connectivity index (χ0v) is 19.6. The zero-order valence-electron chi connectivity index (χ0n) is 19.6. The van der Waals surface area contributed by atoms with Crippen molar-refractivity contribution in [3.8, 4) is 17.3 Å². The molecular formula is C27H34N4O2. The lowest BCUT2D eigenvalue weighted by Gasteiger charge is -2.42. The molecule has 0 spiro atoms. The van der Waals surface area contributed by atoms with Crippen molar-refractivity contribution in [1.29, 1.82) is 0 Å². The van der Waals surface area contributed by atoms with Crippen LogP contribution in [-0.2, 0) is 11.3 Å². The van der Waals surface area contributed by atoms with Gasteiger partial charge in [0.2, 0.25) is 11.8 Å². The molecule has 1 amide bonds. The van der Waals surface area contributed by atoms with Crippen molar-refractivity contribution in [1.82, 2.24) is 19.4 Å².